The molecule has 0 saturated carbocycles. The van der Waals surface area contributed by atoms with Gasteiger partial charge in [-0.1, -0.05) is 41.4 Å². The van der Waals surface area contributed by atoms with Crippen LogP contribution in [0.25, 0.3) is 11.0 Å². The fourth-order valence-electron chi connectivity index (χ4n) is 3.99. The smallest absolute Gasteiger partial charge is 0.295 e. The van der Waals surface area contributed by atoms with Gasteiger partial charge in [0.2, 0.25) is 5.76 Å². The second-order valence-electron chi connectivity index (χ2n) is 7.40. The number of anilines is 1. The van der Waals surface area contributed by atoms with E-state index in [1.54, 1.807) is 24.3 Å². The maximum absolute atomic E-state index is 13.9. The van der Waals surface area contributed by atoms with Crippen LogP contribution in [0.1, 0.15) is 33.3 Å². The molecule has 4 aromatic rings. The van der Waals surface area contributed by atoms with E-state index < -0.39 is 23.2 Å². The third kappa shape index (κ3) is 3.12. The molecule has 5 rings (SSSR count). The summed E-state index contributed by atoms with van der Waals surface area (Å²) in [5.41, 5.74) is 1.96. The molecule has 1 aliphatic heterocycles. The second-order valence-corrected chi connectivity index (χ2v) is 8.22. The van der Waals surface area contributed by atoms with Crippen LogP contribution in [-0.2, 0) is 0 Å². The number of hydrogen-bond donors (Lipinski definition) is 0. The van der Waals surface area contributed by atoms with E-state index in [0.29, 0.717) is 21.3 Å². The van der Waals surface area contributed by atoms with Gasteiger partial charge in [0.15, 0.2) is 5.43 Å². The molecule has 0 spiro atoms. The molecule has 1 unspecified atom stereocenters. The van der Waals surface area contributed by atoms with Gasteiger partial charge in [0, 0.05) is 5.69 Å². The summed E-state index contributed by atoms with van der Waals surface area (Å²) in [6.45, 7) is 1.91. The van der Waals surface area contributed by atoms with Gasteiger partial charge in [-0.15, -0.1) is 0 Å². The van der Waals surface area contributed by atoms with Crippen molar-refractivity contribution < 1.29 is 13.6 Å². The molecule has 0 aliphatic carbocycles. The number of rotatable bonds is 2. The molecular weight excluding hydrogens is 440 g/mol. The SMILES string of the molecule is Cc1cccc(N2C(=O)c3oc4ccc(F)cc4c(=O)c3C2c2ccc(Cl)c(Cl)c2)c1. The minimum absolute atomic E-state index is 0.0679. The van der Waals surface area contributed by atoms with Crippen molar-refractivity contribution >= 4 is 45.8 Å². The van der Waals surface area contributed by atoms with Crippen molar-refractivity contribution in [2.75, 3.05) is 4.90 Å². The van der Waals surface area contributed by atoms with E-state index in [1.165, 1.54) is 17.0 Å². The first-order valence-corrected chi connectivity index (χ1v) is 10.2. The average molecular weight is 454 g/mol. The molecule has 1 aromatic heterocycles. The average Bonchev–Trinajstić information content (AvgIpc) is 3.03. The van der Waals surface area contributed by atoms with Crippen LogP contribution in [-0.4, -0.2) is 5.91 Å². The first-order valence-electron chi connectivity index (χ1n) is 9.46. The van der Waals surface area contributed by atoms with Gasteiger partial charge in [-0.25, -0.2) is 4.39 Å². The lowest BCUT2D eigenvalue weighted by Crippen LogP contribution is -2.29. The summed E-state index contributed by atoms with van der Waals surface area (Å²) < 4.78 is 19.7. The fourth-order valence-corrected chi connectivity index (χ4v) is 4.29. The van der Waals surface area contributed by atoms with Crippen molar-refractivity contribution in [3.05, 3.63) is 109 Å². The van der Waals surface area contributed by atoms with Crippen LogP contribution in [0, 0.1) is 12.7 Å². The number of amides is 1. The molecule has 0 N–H and O–H groups in total. The predicted molar refractivity (Wildman–Crippen MR) is 119 cm³/mol. The van der Waals surface area contributed by atoms with E-state index >= 15 is 0 Å². The summed E-state index contributed by atoms with van der Waals surface area (Å²) in [4.78, 5) is 28.4. The predicted octanol–water partition coefficient (Wildman–Crippen LogP) is 6.30. The van der Waals surface area contributed by atoms with Gasteiger partial charge in [0.05, 0.1) is 27.0 Å². The molecule has 31 heavy (non-hydrogen) atoms. The Bertz CT molecular complexity index is 1450. The van der Waals surface area contributed by atoms with Gasteiger partial charge in [-0.3, -0.25) is 14.5 Å². The summed E-state index contributed by atoms with van der Waals surface area (Å²) in [6.07, 6.45) is 0. The number of hydrogen-bond acceptors (Lipinski definition) is 3. The summed E-state index contributed by atoms with van der Waals surface area (Å²) in [6, 6.07) is 15.2. The van der Waals surface area contributed by atoms with Gasteiger partial charge >= 0.3 is 0 Å². The molecule has 3 aromatic carbocycles. The molecule has 2 heterocycles. The number of halogens is 3. The van der Waals surface area contributed by atoms with Crippen LogP contribution in [0.2, 0.25) is 10.0 Å². The van der Waals surface area contributed by atoms with Crippen molar-refractivity contribution in [2.45, 2.75) is 13.0 Å². The van der Waals surface area contributed by atoms with E-state index in [1.807, 2.05) is 25.1 Å². The van der Waals surface area contributed by atoms with E-state index in [4.69, 9.17) is 27.6 Å². The number of benzene rings is 3. The lowest BCUT2D eigenvalue weighted by Gasteiger charge is -2.25. The number of fused-ring (bicyclic) bond motifs is 2. The van der Waals surface area contributed by atoms with E-state index in [9.17, 15) is 14.0 Å². The standard InChI is InChI=1S/C24H14Cl2FNO3/c1-12-3-2-4-15(9-12)28-21(13-5-7-17(25)18(26)10-13)20-22(29)16-11-14(27)6-8-19(16)31-23(20)24(28)30/h2-11,21H,1H3. The van der Waals surface area contributed by atoms with E-state index in [-0.39, 0.29) is 22.3 Å². The van der Waals surface area contributed by atoms with Gasteiger partial charge in [0.1, 0.15) is 11.4 Å². The van der Waals surface area contributed by atoms with Crippen LogP contribution in [0.4, 0.5) is 10.1 Å². The van der Waals surface area contributed by atoms with Crippen molar-refractivity contribution in [2.24, 2.45) is 0 Å². The quantitative estimate of drug-likeness (QED) is 0.357. The van der Waals surface area contributed by atoms with Crippen molar-refractivity contribution in [1.29, 1.82) is 0 Å². The summed E-state index contributed by atoms with van der Waals surface area (Å²) in [5, 5.41) is 0.716. The highest BCUT2D eigenvalue weighted by Crippen LogP contribution is 2.42. The first kappa shape index (κ1) is 19.8. The van der Waals surface area contributed by atoms with Gasteiger partial charge in [-0.2, -0.15) is 0 Å². The molecule has 0 radical (unpaired) electrons. The lowest BCUT2D eigenvalue weighted by molar-refractivity contribution is 0.0971. The number of carbonyl (C=O) groups is 1. The second kappa shape index (κ2) is 7.22. The first-order chi connectivity index (χ1) is 14.8. The molecule has 1 amide bonds. The zero-order valence-electron chi connectivity index (χ0n) is 16.2. The van der Waals surface area contributed by atoms with Crippen LogP contribution in [0.3, 0.4) is 0 Å². The Labute approximate surface area is 186 Å². The minimum Gasteiger partial charge on any atom is -0.450 e. The summed E-state index contributed by atoms with van der Waals surface area (Å²) >= 11 is 12.3. The molecule has 1 aliphatic rings. The molecule has 0 saturated heterocycles. The van der Waals surface area contributed by atoms with Crippen LogP contribution in [0.5, 0.6) is 0 Å². The van der Waals surface area contributed by atoms with Crippen LogP contribution < -0.4 is 10.3 Å². The zero-order chi connectivity index (χ0) is 21.9. The number of carbonyl (C=O) groups excluding carboxylic acids is 1. The Morgan fingerprint density at radius 3 is 2.52 bits per heavy atom. The Kier molecular flexibility index (Phi) is 4.61. The van der Waals surface area contributed by atoms with Crippen molar-refractivity contribution in [1.82, 2.24) is 0 Å². The van der Waals surface area contributed by atoms with Crippen molar-refractivity contribution in [3.8, 4) is 0 Å². The topological polar surface area (TPSA) is 50.5 Å². The monoisotopic (exact) mass is 453 g/mol. The highest BCUT2D eigenvalue weighted by molar-refractivity contribution is 6.42. The van der Waals surface area contributed by atoms with Crippen LogP contribution >= 0.6 is 23.2 Å². The van der Waals surface area contributed by atoms with Crippen LogP contribution in [0.15, 0.2) is 69.9 Å². The molecule has 0 bridgehead atoms. The van der Waals surface area contributed by atoms with E-state index in [0.717, 1.165) is 11.6 Å². The molecule has 154 valence electrons. The highest BCUT2D eigenvalue weighted by atomic mass is 35.5. The van der Waals surface area contributed by atoms with Gasteiger partial charge in [-0.05, 0) is 60.5 Å². The normalized spacial score (nSPS) is 15.5. The molecule has 0 fully saturated rings. The third-order valence-corrected chi connectivity index (χ3v) is 6.11. The Balaban J connectivity index is 1.84. The van der Waals surface area contributed by atoms with E-state index in [2.05, 4.69) is 0 Å². The third-order valence-electron chi connectivity index (χ3n) is 5.37. The minimum atomic E-state index is -0.803. The van der Waals surface area contributed by atoms with Gasteiger partial charge < -0.3 is 4.42 Å². The Morgan fingerprint density at radius 2 is 1.77 bits per heavy atom. The maximum atomic E-state index is 13.9. The zero-order valence-corrected chi connectivity index (χ0v) is 17.7. The number of nitrogens with zero attached hydrogens (tertiary/aromatic N) is 1. The largest absolute Gasteiger partial charge is 0.450 e. The molecule has 1 atom stereocenters. The molecular formula is C24H14Cl2FNO3. The van der Waals surface area contributed by atoms with Crippen molar-refractivity contribution in [3.63, 3.8) is 0 Å². The number of aryl methyl sites for hydroxylation is 1. The fraction of sp³-hybridized carbons (Fsp3) is 0.0833. The summed E-state index contributed by atoms with van der Waals surface area (Å²) in [7, 11) is 0. The van der Waals surface area contributed by atoms with Gasteiger partial charge in [0.25, 0.3) is 5.91 Å². The lowest BCUT2D eigenvalue weighted by atomic mass is 9.98. The Morgan fingerprint density at radius 1 is 0.968 bits per heavy atom. The summed E-state index contributed by atoms with van der Waals surface area (Å²) in [5.74, 6) is -1.09. The highest BCUT2D eigenvalue weighted by Gasteiger charge is 2.43. The maximum Gasteiger partial charge on any atom is 0.295 e. The molecule has 7 heteroatoms. The molecule has 4 nitrogen and oxygen atoms in total. The Hall–Kier alpha value is -3.15.